The van der Waals surface area contributed by atoms with E-state index in [4.69, 9.17) is 17.3 Å². The SMILES string of the molecule is CN(Cc1ccc(Cl)cc1)c1ccnc(CN)n1. The summed E-state index contributed by atoms with van der Waals surface area (Å²) in [6, 6.07) is 9.65. The van der Waals surface area contributed by atoms with Gasteiger partial charge in [-0.15, -0.1) is 0 Å². The van der Waals surface area contributed by atoms with Crippen LogP contribution in [0, 0.1) is 0 Å². The first-order valence-corrected chi connectivity index (χ1v) is 6.04. The van der Waals surface area contributed by atoms with Crippen LogP contribution in [0.1, 0.15) is 11.4 Å². The smallest absolute Gasteiger partial charge is 0.144 e. The molecule has 4 nitrogen and oxygen atoms in total. The lowest BCUT2D eigenvalue weighted by atomic mass is 10.2. The molecule has 1 aromatic heterocycles. The Kier molecular flexibility index (Phi) is 4.12. The predicted octanol–water partition coefficient (Wildman–Crippen LogP) is 2.23. The second-order valence-corrected chi connectivity index (χ2v) is 4.45. The lowest BCUT2D eigenvalue weighted by Crippen LogP contribution is -2.18. The van der Waals surface area contributed by atoms with Crippen molar-refractivity contribution in [2.75, 3.05) is 11.9 Å². The van der Waals surface area contributed by atoms with Crippen LogP contribution in [0.4, 0.5) is 5.82 Å². The number of nitrogens with two attached hydrogens (primary N) is 1. The van der Waals surface area contributed by atoms with Gasteiger partial charge in [0.15, 0.2) is 0 Å². The minimum Gasteiger partial charge on any atom is -0.355 e. The topological polar surface area (TPSA) is 55.0 Å². The molecular formula is C13H15ClN4. The van der Waals surface area contributed by atoms with Crippen molar-refractivity contribution < 1.29 is 0 Å². The first-order chi connectivity index (χ1) is 8.69. The zero-order valence-electron chi connectivity index (χ0n) is 10.2. The van der Waals surface area contributed by atoms with Crippen molar-refractivity contribution in [2.24, 2.45) is 5.73 Å². The van der Waals surface area contributed by atoms with Crippen molar-refractivity contribution in [3.63, 3.8) is 0 Å². The molecule has 0 unspecified atom stereocenters. The van der Waals surface area contributed by atoms with E-state index in [0.717, 1.165) is 17.4 Å². The van der Waals surface area contributed by atoms with E-state index in [1.165, 1.54) is 5.56 Å². The quantitative estimate of drug-likeness (QED) is 0.918. The van der Waals surface area contributed by atoms with E-state index in [1.807, 2.05) is 42.3 Å². The summed E-state index contributed by atoms with van der Waals surface area (Å²) in [7, 11) is 1.98. The molecule has 94 valence electrons. The number of benzene rings is 1. The summed E-state index contributed by atoms with van der Waals surface area (Å²) in [5.41, 5.74) is 6.71. The number of anilines is 1. The molecule has 0 radical (unpaired) electrons. The number of halogens is 1. The van der Waals surface area contributed by atoms with Crippen LogP contribution < -0.4 is 10.6 Å². The maximum atomic E-state index is 5.86. The van der Waals surface area contributed by atoms with Gasteiger partial charge < -0.3 is 10.6 Å². The Morgan fingerprint density at radius 3 is 2.61 bits per heavy atom. The van der Waals surface area contributed by atoms with Gasteiger partial charge in [0, 0.05) is 24.8 Å². The highest BCUT2D eigenvalue weighted by atomic mass is 35.5. The van der Waals surface area contributed by atoms with Gasteiger partial charge in [-0.1, -0.05) is 23.7 Å². The second-order valence-electron chi connectivity index (χ2n) is 4.02. The second kappa shape index (κ2) is 5.80. The molecule has 0 fully saturated rings. The molecule has 5 heteroatoms. The third kappa shape index (κ3) is 3.18. The van der Waals surface area contributed by atoms with Crippen molar-refractivity contribution in [1.29, 1.82) is 0 Å². The van der Waals surface area contributed by atoms with Crippen molar-refractivity contribution in [3.05, 3.63) is 52.9 Å². The Bertz CT molecular complexity index is 513. The fourth-order valence-electron chi connectivity index (χ4n) is 1.64. The van der Waals surface area contributed by atoms with Gasteiger partial charge in [-0.05, 0) is 23.8 Å². The summed E-state index contributed by atoms with van der Waals surface area (Å²) < 4.78 is 0. The highest BCUT2D eigenvalue weighted by molar-refractivity contribution is 6.30. The third-order valence-electron chi connectivity index (χ3n) is 2.60. The fraction of sp³-hybridized carbons (Fsp3) is 0.231. The summed E-state index contributed by atoms with van der Waals surface area (Å²) in [6.07, 6.45) is 1.73. The van der Waals surface area contributed by atoms with Crippen molar-refractivity contribution in [3.8, 4) is 0 Å². The molecule has 0 atom stereocenters. The van der Waals surface area contributed by atoms with E-state index in [9.17, 15) is 0 Å². The summed E-state index contributed by atoms with van der Waals surface area (Å²) in [4.78, 5) is 10.5. The van der Waals surface area contributed by atoms with E-state index < -0.39 is 0 Å². The van der Waals surface area contributed by atoms with Gasteiger partial charge >= 0.3 is 0 Å². The van der Waals surface area contributed by atoms with Crippen molar-refractivity contribution in [2.45, 2.75) is 13.1 Å². The first-order valence-electron chi connectivity index (χ1n) is 5.66. The maximum Gasteiger partial charge on any atom is 0.144 e. The van der Waals surface area contributed by atoms with E-state index in [2.05, 4.69) is 9.97 Å². The molecule has 0 spiro atoms. The Hall–Kier alpha value is -1.65. The number of aromatic nitrogens is 2. The molecule has 0 aliphatic heterocycles. The van der Waals surface area contributed by atoms with E-state index in [1.54, 1.807) is 6.20 Å². The van der Waals surface area contributed by atoms with Gasteiger partial charge in [0.1, 0.15) is 11.6 Å². The van der Waals surface area contributed by atoms with E-state index in [-0.39, 0.29) is 0 Å². The first kappa shape index (κ1) is 12.8. The number of hydrogen-bond donors (Lipinski definition) is 1. The van der Waals surface area contributed by atoms with Gasteiger partial charge in [-0.25, -0.2) is 9.97 Å². The van der Waals surface area contributed by atoms with Crippen molar-refractivity contribution in [1.82, 2.24) is 9.97 Å². The third-order valence-corrected chi connectivity index (χ3v) is 2.85. The zero-order valence-corrected chi connectivity index (χ0v) is 10.9. The molecule has 0 aliphatic rings. The van der Waals surface area contributed by atoms with Gasteiger partial charge in [0.05, 0.1) is 6.54 Å². The lowest BCUT2D eigenvalue weighted by molar-refractivity contribution is 0.849. The molecule has 0 bridgehead atoms. The fourth-order valence-corrected chi connectivity index (χ4v) is 1.77. The average Bonchev–Trinajstić information content (AvgIpc) is 2.41. The molecule has 0 aliphatic carbocycles. The molecule has 0 saturated carbocycles. The highest BCUT2D eigenvalue weighted by Crippen LogP contribution is 2.14. The summed E-state index contributed by atoms with van der Waals surface area (Å²) >= 11 is 5.86. The Balaban J connectivity index is 2.11. The van der Waals surface area contributed by atoms with Gasteiger partial charge in [0.2, 0.25) is 0 Å². The zero-order chi connectivity index (χ0) is 13.0. The molecule has 1 heterocycles. The largest absolute Gasteiger partial charge is 0.355 e. The van der Waals surface area contributed by atoms with Crippen LogP contribution in [0.15, 0.2) is 36.5 Å². The van der Waals surface area contributed by atoms with Crippen LogP contribution in [0.5, 0.6) is 0 Å². The average molecular weight is 263 g/mol. The Labute approximate surface area is 111 Å². The van der Waals surface area contributed by atoms with Crippen LogP contribution in [0.2, 0.25) is 5.02 Å². The minimum atomic E-state index is 0.350. The van der Waals surface area contributed by atoms with Crippen LogP contribution in [-0.2, 0) is 13.1 Å². The minimum absolute atomic E-state index is 0.350. The molecule has 2 rings (SSSR count). The van der Waals surface area contributed by atoms with Gasteiger partial charge in [-0.2, -0.15) is 0 Å². The van der Waals surface area contributed by atoms with Crippen molar-refractivity contribution >= 4 is 17.4 Å². The number of nitrogens with zero attached hydrogens (tertiary/aromatic N) is 3. The molecule has 0 amide bonds. The van der Waals surface area contributed by atoms with E-state index in [0.29, 0.717) is 12.4 Å². The van der Waals surface area contributed by atoms with E-state index >= 15 is 0 Å². The lowest BCUT2D eigenvalue weighted by Gasteiger charge is -2.18. The van der Waals surface area contributed by atoms with Crippen LogP contribution in [0.3, 0.4) is 0 Å². The highest BCUT2D eigenvalue weighted by Gasteiger charge is 2.04. The maximum absolute atomic E-state index is 5.86. The Morgan fingerprint density at radius 1 is 1.22 bits per heavy atom. The molecule has 1 aromatic carbocycles. The van der Waals surface area contributed by atoms with Crippen LogP contribution in [-0.4, -0.2) is 17.0 Å². The van der Waals surface area contributed by atoms with Gasteiger partial charge in [0.25, 0.3) is 0 Å². The molecule has 0 saturated heterocycles. The van der Waals surface area contributed by atoms with Gasteiger partial charge in [-0.3, -0.25) is 0 Å². The summed E-state index contributed by atoms with van der Waals surface area (Å²) in [5.74, 6) is 1.51. The number of hydrogen-bond acceptors (Lipinski definition) is 4. The van der Waals surface area contributed by atoms with Crippen LogP contribution in [0.25, 0.3) is 0 Å². The molecular weight excluding hydrogens is 248 g/mol. The molecule has 2 aromatic rings. The number of rotatable bonds is 4. The molecule has 2 N–H and O–H groups in total. The predicted molar refractivity (Wildman–Crippen MR) is 73.5 cm³/mol. The summed E-state index contributed by atoms with van der Waals surface area (Å²) in [5, 5.41) is 0.744. The monoisotopic (exact) mass is 262 g/mol. The Morgan fingerprint density at radius 2 is 1.94 bits per heavy atom. The summed E-state index contributed by atoms with van der Waals surface area (Å²) in [6.45, 7) is 1.11. The normalized spacial score (nSPS) is 10.4. The van der Waals surface area contributed by atoms with Crippen LogP contribution >= 0.6 is 11.6 Å². The molecule has 18 heavy (non-hydrogen) atoms. The standard InChI is InChI=1S/C13H15ClN4/c1-18(9-10-2-4-11(14)5-3-10)13-6-7-16-12(8-15)17-13/h2-7H,8-9,15H2,1H3.